The van der Waals surface area contributed by atoms with Crippen molar-refractivity contribution >= 4 is 50.0 Å². The van der Waals surface area contributed by atoms with Crippen molar-refractivity contribution in [3.63, 3.8) is 0 Å². The van der Waals surface area contributed by atoms with Crippen molar-refractivity contribution in [2.24, 2.45) is 0 Å². The average molecular weight is 850 g/mol. The Morgan fingerprint density at radius 3 is 1.50 bits per heavy atom. The molecule has 66 heavy (non-hydrogen) atoms. The fourth-order valence-corrected chi connectivity index (χ4v) is 8.86. The fourth-order valence-electron chi connectivity index (χ4n) is 8.86. The van der Waals surface area contributed by atoms with E-state index in [1.807, 2.05) is 158 Å². The van der Waals surface area contributed by atoms with E-state index in [9.17, 15) is 4.11 Å². The molecule has 0 atom stereocenters. The number of hydrogen-bond donors (Lipinski definition) is 0. The molecule has 0 spiro atoms. The third-order valence-electron chi connectivity index (χ3n) is 12.0. The molecule has 12 aromatic rings. The lowest BCUT2D eigenvalue weighted by atomic mass is 9.92. The zero-order chi connectivity index (χ0) is 49.0. The van der Waals surface area contributed by atoms with Gasteiger partial charge in [0, 0.05) is 39.0 Å². The molecule has 0 saturated carbocycles. The van der Waals surface area contributed by atoms with Gasteiger partial charge >= 0.3 is 0 Å². The van der Waals surface area contributed by atoms with Crippen molar-refractivity contribution in [2.45, 2.75) is 0 Å². The molecule has 0 unspecified atom stereocenters. The number of benzene rings is 10. The maximum absolute atomic E-state index is 10.3. The summed E-state index contributed by atoms with van der Waals surface area (Å²) >= 11 is 0. The summed E-state index contributed by atoms with van der Waals surface area (Å²) in [6, 6.07) is 68.7. The molecule has 0 N–H and O–H groups in total. The summed E-state index contributed by atoms with van der Waals surface area (Å²) in [4.78, 5) is 12.8. The second-order valence-electron chi connectivity index (χ2n) is 16.0. The highest BCUT2D eigenvalue weighted by atomic mass is 16.3. The molecule has 2 aromatic heterocycles. The molecule has 0 fully saturated rings. The summed E-state index contributed by atoms with van der Waals surface area (Å²) in [5, 5.41) is 0.261. The van der Waals surface area contributed by atoms with Crippen molar-refractivity contribution in [2.75, 3.05) is 4.90 Å². The van der Waals surface area contributed by atoms with Crippen LogP contribution >= 0.6 is 0 Å². The van der Waals surface area contributed by atoms with Crippen molar-refractivity contribution < 1.29 is 12.6 Å². The van der Waals surface area contributed by atoms with Crippen LogP contribution in [0.4, 0.5) is 17.1 Å². The molecule has 12 rings (SSSR count). The van der Waals surface area contributed by atoms with E-state index in [4.69, 9.17) is 18.5 Å². The molecule has 2 heterocycles. The monoisotopic (exact) mass is 849 g/mol. The molecule has 0 amide bonds. The Labute approximate surface area is 391 Å². The van der Waals surface area contributed by atoms with Crippen molar-refractivity contribution in [3.05, 3.63) is 249 Å². The molecule has 4 nitrogen and oxygen atoms in total. The van der Waals surface area contributed by atoms with Gasteiger partial charge in [0.15, 0.2) is 0 Å². The Morgan fingerprint density at radius 1 is 0.364 bits per heavy atom. The van der Waals surface area contributed by atoms with Gasteiger partial charge in [-0.3, -0.25) is 0 Å². The maximum atomic E-state index is 10.3. The van der Waals surface area contributed by atoms with Crippen LogP contribution in [0.2, 0.25) is 0 Å². The minimum Gasteiger partial charge on any atom is -0.456 e. The van der Waals surface area contributed by atoms with E-state index in [2.05, 4.69) is 59.5 Å². The summed E-state index contributed by atoms with van der Waals surface area (Å²) in [5.41, 5.74) is 12.4. The van der Waals surface area contributed by atoms with Crippen LogP contribution in [0.15, 0.2) is 253 Å². The van der Waals surface area contributed by atoms with Crippen LogP contribution in [-0.2, 0) is 0 Å². The van der Waals surface area contributed by atoms with Crippen LogP contribution in [0.3, 0.4) is 0 Å². The SMILES string of the molecule is [2H]c1c([2H])c([2H])c2c(oc3c([2H])c(-c4ccc(N(c5ccccc5)c5cc(-c6ccccc6)cc(-c6ccccc6)c5)cc4)c([2H])c(-c4nc5ccccc5nc4-c4ccccc4-c4ccccc4)c32)c1[2H]. The van der Waals surface area contributed by atoms with Crippen LogP contribution < -0.4 is 4.90 Å². The first kappa shape index (κ1) is 32.8. The van der Waals surface area contributed by atoms with Gasteiger partial charge < -0.3 is 9.32 Å². The van der Waals surface area contributed by atoms with Gasteiger partial charge in [-0.05, 0) is 117 Å². The Kier molecular flexibility index (Phi) is 8.28. The second kappa shape index (κ2) is 16.7. The number of fused-ring (bicyclic) bond motifs is 4. The Hall–Kier alpha value is -8.86. The van der Waals surface area contributed by atoms with Crippen molar-refractivity contribution in [1.82, 2.24) is 9.97 Å². The molecule has 0 bridgehead atoms. The average Bonchev–Trinajstić information content (AvgIpc) is 3.84. The van der Waals surface area contributed by atoms with E-state index in [0.29, 0.717) is 28.0 Å². The smallest absolute Gasteiger partial charge is 0.136 e. The minimum absolute atomic E-state index is 0.0106. The minimum atomic E-state index is -0.460. The molecule has 0 aliphatic carbocycles. The largest absolute Gasteiger partial charge is 0.456 e. The fraction of sp³-hybridized carbons (Fsp3) is 0. The molecule has 310 valence electrons. The molecule has 0 aliphatic heterocycles. The highest BCUT2D eigenvalue weighted by Gasteiger charge is 2.23. The lowest BCUT2D eigenvalue weighted by Gasteiger charge is -2.27. The molecule has 0 saturated heterocycles. The van der Waals surface area contributed by atoms with Crippen molar-refractivity contribution in [1.29, 1.82) is 0 Å². The first-order chi connectivity index (χ1) is 35.2. The highest BCUT2D eigenvalue weighted by Crippen LogP contribution is 2.45. The normalized spacial score (nSPS) is 12.6. The van der Waals surface area contributed by atoms with Gasteiger partial charge in [-0.1, -0.05) is 176 Å². The van der Waals surface area contributed by atoms with Gasteiger partial charge in [-0.2, -0.15) is 0 Å². The second-order valence-corrected chi connectivity index (χ2v) is 16.0. The number of furan rings is 1. The van der Waals surface area contributed by atoms with Gasteiger partial charge in [0.05, 0.1) is 30.6 Å². The quantitative estimate of drug-likeness (QED) is 0.145. The number of rotatable bonds is 9. The van der Waals surface area contributed by atoms with Crippen molar-refractivity contribution in [3.8, 4) is 67.0 Å². The van der Waals surface area contributed by atoms with Crippen LogP contribution in [0.5, 0.6) is 0 Å². The summed E-state index contributed by atoms with van der Waals surface area (Å²) in [7, 11) is 0. The highest BCUT2D eigenvalue weighted by molar-refractivity contribution is 6.15. The Morgan fingerprint density at radius 2 is 0.864 bits per heavy atom. The van der Waals surface area contributed by atoms with Crippen LogP contribution in [0.25, 0.3) is 100.0 Å². The Bertz CT molecular complexity index is 3980. The molecule has 4 heteroatoms. The molecular weight excluding hydrogens is 803 g/mol. The van der Waals surface area contributed by atoms with E-state index in [0.717, 1.165) is 56.0 Å². The molecule has 10 aromatic carbocycles. The first-order valence-electron chi connectivity index (χ1n) is 24.8. The summed E-state index contributed by atoms with van der Waals surface area (Å²) < 4.78 is 62.3. The van der Waals surface area contributed by atoms with Gasteiger partial charge in [0.25, 0.3) is 0 Å². The van der Waals surface area contributed by atoms with E-state index in [1.54, 1.807) is 0 Å². The standard InChI is InChI=1S/C62H41N3O/c1-5-19-42(20-6-1)46-37-47(43-21-7-2-8-22-43)39-51(38-46)65(49-25-11-4-12-26-49)50-35-33-44(34-36-50)48-40-55(60-54-29-15-18-32-58(54)66-59(60)41-48)62-61(63-56-30-16-17-31-57(56)64-62)53-28-14-13-27-52(53)45-23-9-3-10-24-45/h1-41H/i15D,18D,29D,32D,40D,41D. The topological polar surface area (TPSA) is 42.2 Å². The summed E-state index contributed by atoms with van der Waals surface area (Å²) in [6.07, 6.45) is 0. The summed E-state index contributed by atoms with van der Waals surface area (Å²) in [5.74, 6) is 0. The lowest BCUT2D eigenvalue weighted by Crippen LogP contribution is -2.10. The van der Waals surface area contributed by atoms with Crippen LogP contribution in [0, 0.1) is 0 Å². The zero-order valence-electron chi connectivity index (χ0n) is 41.5. The van der Waals surface area contributed by atoms with Crippen LogP contribution in [-0.4, -0.2) is 9.97 Å². The molecule has 0 radical (unpaired) electrons. The van der Waals surface area contributed by atoms with Gasteiger partial charge in [-0.15, -0.1) is 0 Å². The number of para-hydroxylation sites is 4. The van der Waals surface area contributed by atoms with Crippen LogP contribution in [0.1, 0.15) is 8.22 Å². The van der Waals surface area contributed by atoms with E-state index >= 15 is 0 Å². The Balaban J connectivity index is 1.11. The third kappa shape index (κ3) is 7.17. The number of nitrogens with zero attached hydrogens (tertiary/aromatic N) is 3. The number of aromatic nitrogens is 2. The number of anilines is 3. The zero-order valence-corrected chi connectivity index (χ0v) is 35.5. The third-order valence-corrected chi connectivity index (χ3v) is 12.0. The van der Waals surface area contributed by atoms with E-state index in [-0.39, 0.29) is 57.2 Å². The maximum Gasteiger partial charge on any atom is 0.136 e. The van der Waals surface area contributed by atoms with E-state index < -0.39 is 12.1 Å². The molecular formula is C62H41N3O. The first-order valence-corrected chi connectivity index (χ1v) is 21.8. The summed E-state index contributed by atoms with van der Waals surface area (Å²) in [6.45, 7) is 0. The number of hydrogen-bond acceptors (Lipinski definition) is 4. The lowest BCUT2D eigenvalue weighted by molar-refractivity contribution is 0.669. The predicted molar refractivity (Wildman–Crippen MR) is 274 cm³/mol. The predicted octanol–water partition coefficient (Wildman–Crippen LogP) is 17.0. The van der Waals surface area contributed by atoms with Gasteiger partial charge in [0.2, 0.25) is 0 Å². The van der Waals surface area contributed by atoms with E-state index in [1.165, 1.54) is 0 Å². The molecule has 0 aliphatic rings. The van der Waals surface area contributed by atoms with Gasteiger partial charge in [-0.25, -0.2) is 9.97 Å². The van der Waals surface area contributed by atoms with Gasteiger partial charge in [0.1, 0.15) is 11.2 Å².